The zero-order valence-electron chi connectivity index (χ0n) is 13.4. The van der Waals surface area contributed by atoms with Crippen LogP contribution in [-0.2, 0) is 16.1 Å². The van der Waals surface area contributed by atoms with Gasteiger partial charge in [0, 0.05) is 12.0 Å². The van der Waals surface area contributed by atoms with E-state index in [-0.39, 0.29) is 17.1 Å². The predicted octanol–water partition coefficient (Wildman–Crippen LogP) is 2.71. The summed E-state index contributed by atoms with van der Waals surface area (Å²) in [7, 11) is 1.62. The Balaban J connectivity index is 1.68. The Morgan fingerprint density at radius 3 is 2.55 bits per heavy atom. The average Bonchev–Trinajstić information content (AvgIpc) is 3.05. The van der Waals surface area contributed by atoms with Gasteiger partial charge in [0.25, 0.3) is 0 Å². The molecule has 4 nitrogen and oxygen atoms in total. The second kappa shape index (κ2) is 5.11. The van der Waals surface area contributed by atoms with E-state index in [1.165, 1.54) is 0 Å². The van der Waals surface area contributed by atoms with Crippen LogP contribution in [0.25, 0.3) is 0 Å². The van der Waals surface area contributed by atoms with E-state index >= 15 is 0 Å². The van der Waals surface area contributed by atoms with Crippen molar-refractivity contribution in [2.75, 3.05) is 7.11 Å². The molecule has 0 aliphatic heterocycles. The molecule has 0 radical (unpaired) electrons. The van der Waals surface area contributed by atoms with E-state index in [4.69, 9.17) is 4.74 Å². The van der Waals surface area contributed by atoms with Crippen molar-refractivity contribution in [2.24, 2.45) is 16.7 Å². The Labute approximate surface area is 131 Å². The smallest absolute Gasteiger partial charge is 0.233 e. The number of rotatable bonds is 4. The summed E-state index contributed by atoms with van der Waals surface area (Å²) in [6.45, 7) is 4.41. The molecule has 2 aliphatic carbocycles. The number of benzene rings is 1. The van der Waals surface area contributed by atoms with Gasteiger partial charge in [0.2, 0.25) is 5.91 Å². The number of nitrogens with one attached hydrogen (secondary N) is 1. The van der Waals surface area contributed by atoms with E-state index in [0.29, 0.717) is 25.3 Å². The lowest BCUT2D eigenvalue weighted by Crippen LogP contribution is -2.47. The van der Waals surface area contributed by atoms with Crippen molar-refractivity contribution in [3.05, 3.63) is 29.8 Å². The Kier molecular flexibility index (Phi) is 3.50. The van der Waals surface area contributed by atoms with Gasteiger partial charge in [-0.3, -0.25) is 9.59 Å². The molecule has 0 spiro atoms. The van der Waals surface area contributed by atoms with Gasteiger partial charge in [0.15, 0.2) is 5.78 Å². The number of carbonyl (C=O) groups excluding carboxylic acids is 2. The van der Waals surface area contributed by atoms with Crippen molar-refractivity contribution in [3.8, 4) is 5.75 Å². The van der Waals surface area contributed by atoms with Crippen LogP contribution in [0.15, 0.2) is 24.3 Å². The summed E-state index contributed by atoms with van der Waals surface area (Å²) in [5.74, 6) is 1.18. The van der Waals surface area contributed by atoms with Crippen LogP contribution in [0.1, 0.15) is 38.7 Å². The number of ketones is 1. The molecule has 4 heteroatoms. The highest BCUT2D eigenvalue weighted by atomic mass is 16.5. The van der Waals surface area contributed by atoms with Gasteiger partial charge in [0.05, 0.1) is 7.11 Å². The minimum Gasteiger partial charge on any atom is -0.497 e. The number of hydrogen-bond acceptors (Lipinski definition) is 3. The molecule has 1 aromatic rings. The Morgan fingerprint density at radius 2 is 2.00 bits per heavy atom. The van der Waals surface area contributed by atoms with Crippen LogP contribution in [-0.4, -0.2) is 18.8 Å². The monoisotopic (exact) mass is 301 g/mol. The summed E-state index contributed by atoms with van der Waals surface area (Å²) in [5, 5.41) is 2.96. The number of hydrogen-bond donors (Lipinski definition) is 1. The van der Waals surface area contributed by atoms with Crippen molar-refractivity contribution in [3.63, 3.8) is 0 Å². The topological polar surface area (TPSA) is 55.4 Å². The summed E-state index contributed by atoms with van der Waals surface area (Å²) < 4.78 is 5.12. The van der Waals surface area contributed by atoms with Crippen molar-refractivity contribution in [2.45, 2.75) is 39.7 Å². The molecule has 2 saturated carbocycles. The zero-order valence-corrected chi connectivity index (χ0v) is 13.4. The fourth-order valence-corrected chi connectivity index (χ4v) is 4.07. The highest BCUT2D eigenvalue weighted by Crippen LogP contribution is 2.60. The van der Waals surface area contributed by atoms with Crippen molar-refractivity contribution >= 4 is 11.7 Å². The van der Waals surface area contributed by atoms with Gasteiger partial charge >= 0.3 is 0 Å². The normalized spacial score (nSPS) is 28.7. The number of carbonyl (C=O) groups is 2. The third-order valence-corrected chi connectivity index (χ3v) is 5.60. The molecule has 0 aromatic heterocycles. The standard InChI is InChI=1S/C18H23NO3/c1-17(2)13-8-9-18(10-13,15(17)20)16(21)19-11-12-4-6-14(22-3)7-5-12/h4-7,13H,8-11H2,1-3H3,(H,19,21). The lowest BCUT2D eigenvalue weighted by molar-refractivity contribution is -0.145. The lowest BCUT2D eigenvalue weighted by atomic mass is 9.70. The third kappa shape index (κ3) is 2.13. The number of ether oxygens (including phenoxy) is 1. The fourth-order valence-electron chi connectivity index (χ4n) is 4.07. The van der Waals surface area contributed by atoms with Crippen LogP contribution < -0.4 is 10.1 Å². The number of amides is 1. The van der Waals surface area contributed by atoms with Gasteiger partial charge in [-0.1, -0.05) is 26.0 Å². The lowest BCUT2D eigenvalue weighted by Gasteiger charge is -2.32. The molecular weight excluding hydrogens is 278 g/mol. The van der Waals surface area contributed by atoms with E-state index < -0.39 is 5.41 Å². The molecule has 2 bridgehead atoms. The first-order chi connectivity index (χ1) is 10.4. The number of methoxy groups -OCH3 is 1. The van der Waals surface area contributed by atoms with Crippen LogP contribution in [0.3, 0.4) is 0 Å². The van der Waals surface area contributed by atoms with Crippen molar-refractivity contribution in [1.29, 1.82) is 0 Å². The van der Waals surface area contributed by atoms with Gasteiger partial charge in [-0.05, 0) is 42.9 Å². The molecule has 2 atom stereocenters. The summed E-state index contributed by atoms with van der Waals surface area (Å²) >= 11 is 0. The predicted molar refractivity (Wildman–Crippen MR) is 83.4 cm³/mol. The van der Waals surface area contributed by atoms with E-state index in [9.17, 15) is 9.59 Å². The van der Waals surface area contributed by atoms with E-state index in [2.05, 4.69) is 5.32 Å². The highest BCUT2D eigenvalue weighted by Gasteiger charge is 2.64. The molecule has 2 aliphatic rings. The Bertz CT molecular complexity index is 605. The van der Waals surface area contributed by atoms with Crippen LogP contribution in [0.4, 0.5) is 0 Å². The maximum Gasteiger partial charge on any atom is 0.233 e. The second-order valence-electron chi connectivity index (χ2n) is 7.10. The van der Waals surface area contributed by atoms with Crippen LogP contribution in [0.2, 0.25) is 0 Å². The van der Waals surface area contributed by atoms with Gasteiger partial charge in [0.1, 0.15) is 11.2 Å². The van der Waals surface area contributed by atoms with E-state index in [1.54, 1.807) is 7.11 Å². The highest BCUT2D eigenvalue weighted by molar-refractivity contribution is 6.10. The van der Waals surface area contributed by atoms with Gasteiger partial charge < -0.3 is 10.1 Å². The molecule has 0 heterocycles. The quantitative estimate of drug-likeness (QED) is 0.870. The first-order valence-corrected chi connectivity index (χ1v) is 7.86. The van der Waals surface area contributed by atoms with Gasteiger partial charge in [-0.2, -0.15) is 0 Å². The van der Waals surface area contributed by atoms with Crippen molar-refractivity contribution < 1.29 is 14.3 Å². The number of Topliss-reactive ketones (excluding diaryl/α,β-unsaturated/α-hetero) is 1. The van der Waals surface area contributed by atoms with Crippen molar-refractivity contribution in [1.82, 2.24) is 5.32 Å². The molecule has 2 fully saturated rings. The molecule has 3 rings (SSSR count). The third-order valence-electron chi connectivity index (χ3n) is 5.60. The molecule has 22 heavy (non-hydrogen) atoms. The average molecular weight is 301 g/mol. The SMILES string of the molecule is COc1ccc(CNC(=O)C23CCC(C2)C(C)(C)C3=O)cc1. The number of fused-ring (bicyclic) bond motifs is 2. The molecular formula is C18H23NO3. The van der Waals surface area contributed by atoms with E-state index in [1.807, 2.05) is 38.1 Å². The Morgan fingerprint density at radius 1 is 1.32 bits per heavy atom. The fraction of sp³-hybridized carbons (Fsp3) is 0.556. The Hall–Kier alpha value is -1.84. The molecule has 0 saturated heterocycles. The second-order valence-corrected chi connectivity index (χ2v) is 7.10. The largest absolute Gasteiger partial charge is 0.497 e. The van der Waals surface area contributed by atoms with Gasteiger partial charge in [-0.25, -0.2) is 0 Å². The first-order valence-electron chi connectivity index (χ1n) is 7.86. The van der Waals surface area contributed by atoms with Crippen LogP contribution >= 0.6 is 0 Å². The molecule has 118 valence electrons. The summed E-state index contributed by atoms with van der Waals surface area (Å²) in [5.41, 5.74) is -0.124. The van der Waals surface area contributed by atoms with Gasteiger partial charge in [-0.15, -0.1) is 0 Å². The first kappa shape index (κ1) is 15.1. The minimum absolute atomic E-state index is 0.0959. The summed E-state index contributed by atoms with van der Waals surface area (Å²) in [6, 6.07) is 7.59. The molecule has 2 unspecified atom stereocenters. The maximum absolute atomic E-state index is 12.7. The summed E-state index contributed by atoms with van der Waals surface area (Å²) in [4.78, 5) is 25.3. The van der Waals surface area contributed by atoms with E-state index in [0.717, 1.165) is 17.7 Å². The minimum atomic E-state index is -0.777. The maximum atomic E-state index is 12.7. The van der Waals surface area contributed by atoms with Crippen LogP contribution in [0.5, 0.6) is 5.75 Å². The van der Waals surface area contributed by atoms with Crippen LogP contribution in [0, 0.1) is 16.7 Å². The zero-order chi connectivity index (χ0) is 16.0. The molecule has 1 N–H and O–H groups in total. The molecule has 1 amide bonds. The molecule has 1 aromatic carbocycles. The summed E-state index contributed by atoms with van der Waals surface area (Å²) in [6.07, 6.45) is 2.40.